The van der Waals surface area contributed by atoms with Crippen molar-refractivity contribution in [2.24, 2.45) is 5.92 Å². The SMILES string of the molecule is COc1ccc(N)c(NC(C)CC(C)C)n1. The topological polar surface area (TPSA) is 60.2 Å². The van der Waals surface area contributed by atoms with Crippen molar-refractivity contribution in [3.63, 3.8) is 0 Å². The van der Waals surface area contributed by atoms with E-state index in [2.05, 4.69) is 31.1 Å². The third-order valence-electron chi connectivity index (χ3n) is 2.32. The monoisotopic (exact) mass is 223 g/mol. The Morgan fingerprint density at radius 2 is 2.06 bits per heavy atom. The van der Waals surface area contributed by atoms with Crippen molar-refractivity contribution in [1.29, 1.82) is 0 Å². The summed E-state index contributed by atoms with van der Waals surface area (Å²) in [6.45, 7) is 6.52. The fourth-order valence-corrected chi connectivity index (χ4v) is 1.68. The van der Waals surface area contributed by atoms with Crippen molar-refractivity contribution in [1.82, 2.24) is 4.98 Å². The van der Waals surface area contributed by atoms with E-state index in [9.17, 15) is 0 Å². The van der Waals surface area contributed by atoms with Crippen LogP contribution in [0.1, 0.15) is 27.2 Å². The highest BCUT2D eigenvalue weighted by Gasteiger charge is 2.08. The Morgan fingerprint density at radius 1 is 1.38 bits per heavy atom. The van der Waals surface area contributed by atoms with E-state index in [4.69, 9.17) is 10.5 Å². The smallest absolute Gasteiger partial charge is 0.215 e. The molecular formula is C12H21N3O. The lowest BCUT2D eigenvalue weighted by atomic mass is 10.1. The van der Waals surface area contributed by atoms with E-state index in [0.717, 1.165) is 6.42 Å². The number of aromatic nitrogens is 1. The number of nitrogens with one attached hydrogen (secondary N) is 1. The van der Waals surface area contributed by atoms with E-state index in [1.807, 2.05) is 0 Å². The molecule has 1 atom stereocenters. The van der Waals surface area contributed by atoms with Crippen LogP contribution in [0.15, 0.2) is 12.1 Å². The Bertz CT molecular complexity index is 339. The first-order valence-corrected chi connectivity index (χ1v) is 5.60. The van der Waals surface area contributed by atoms with Crippen LogP contribution in [0.4, 0.5) is 11.5 Å². The average Bonchev–Trinajstić information content (AvgIpc) is 2.20. The molecule has 0 aliphatic rings. The molecule has 0 spiro atoms. The number of nitrogens with two attached hydrogens (primary N) is 1. The first-order chi connectivity index (χ1) is 7.52. The third-order valence-corrected chi connectivity index (χ3v) is 2.32. The number of hydrogen-bond acceptors (Lipinski definition) is 4. The van der Waals surface area contributed by atoms with E-state index >= 15 is 0 Å². The fourth-order valence-electron chi connectivity index (χ4n) is 1.68. The Morgan fingerprint density at radius 3 is 2.62 bits per heavy atom. The quantitative estimate of drug-likeness (QED) is 0.805. The molecule has 0 aliphatic carbocycles. The van der Waals surface area contributed by atoms with E-state index in [1.165, 1.54) is 0 Å². The van der Waals surface area contributed by atoms with Crippen LogP contribution in [0.5, 0.6) is 5.88 Å². The van der Waals surface area contributed by atoms with Crippen LogP contribution in [-0.2, 0) is 0 Å². The zero-order chi connectivity index (χ0) is 12.1. The van der Waals surface area contributed by atoms with Gasteiger partial charge in [-0.15, -0.1) is 0 Å². The van der Waals surface area contributed by atoms with Gasteiger partial charge in [0.2, 0.25) is 5.88 Å². The van der Waals surface area contributed by atoms with Gasteiger partial charge < -0.3 is 15.8 Å². The van der Waals surface area contributed by atoms with Crippen LogP contribution in [0, 0.1) is 5.92 Å². The molecule has 0 saturated heterocycles. The summed E-state index contributed by atoms with van der Waals surface area (Å²) >= 11 is 0. The van der Waals surface area contributed by atoms with Crippen LogP contribution >= 0.6 is 0 Å². The minimum atomic E-state index is 0.349. The Balaban J connectivity index is 2.71. The highest BCUT2D eigenvalue weighted by atomic mass is 16.5. The molecule has 1 unspecified atom stereocenters. The molecule has 3 N–H and O–H groups in total. The zero-order valence-electron chi connectivity index (χ0n) is 10.4. The standard InChI is InChI=1S/C12H21N3O/c1-8(2)7-9(3)14-12-10(13)5-6-11(15-12)16-4/h5-6,8-9H,7,13H2,1-4H3,(H,14,15). The fraction of sp³-hybridized carbons (Fsp3) is 0.583. The molecule has 0 radical (unpaired) electrons. The predicted octanol–water partition coefficient (Wildman–Crippen LogP) is 2.52. The molecule has 0 saturated carbocycles. The molecule has 0 fully saturated rings. The van der Waals surface area contributed by atoms with Crippen LogP contribution in [0.2, 0.25) is 0 Å². The molecule has 1 rings (SSSR count). The van der Waals surface area contributed by atoms with Crippen molar-refractivity contribution < 1.29 is 4.74 Å². The number of anilines is 2. The summed E-state index contributed by atoms with van der Waals surface area (Å²) in [4.78, 5) is 4.28. The number of hydrogen-bond donors (Lipinski definition) is 2. The van der Waals surface area contributed by atoms with Gasteiger partial charge in [-0.25, -0.2) is 0 Å². The van der Waals surface area contributed by atoms with Gasteiger partial charge in [0.15, 0.2) is 5.82 Å². The lowest BCUT2D eigenvalue weighted by Gasteiger charge is -2.18. The van der Waals surface area contributed by atoms with Crippen LogP contribution in [0.25, 0.3) is 0 Å². The van der Waals surface area contributed by atoms with Crippen molar-refractivity contribution in [3.05, 3.63) is 12.1 Å². The lowest BCUT2D eigenvalue weighted by molar-refractivity contribution is 0.398. The number of pyridine rings is 1. The van der Waals surface area contributed by atoms with Crippen LogP contribution < -0.4 is 15.8 Å². The molecule has 4 heteroatoms. The number of rotatable bonds is 5. The van der Waals surface area contributed by atoms with E-state index in [1.54, 1.807) is 19.2 Å². The van der Waals surface area contributed by atoms with Crippen molar-refractivity contribution in [2.45, 2.75) is 33.2 Å². The number of ether oxygens (including phenoxy) is 1. The van der Waals surface area contributed by atoms with Crippen molar-refractivity contribution >= 4 is 11.5 Å². The minimum Gasteiger partial charge on any atom is -0.481 e. The van der Waals surface area contributed by atoms with Gasteiger partial charge in [-0.2, -0.15) is 4.98 Å². The second-order valence-corrected chi connectivity index (χ2v) is 4.47. The Labute approximate surface area is 97.2 Å². The maximum absolute atomic E-state index is 5.84. The minimum absolute atomic E-state index is 0.349. The highest BCUT2D eigenvalue weighted by molar-refractivity contribution is 5.62. The van der Waals surface area contributed by atoms with Gasteiger partial charge in [0.25, 0.3) is 0 Å². The van der Waals surface area contributed by atoms with E-state index in [0.29, 0.717) is 29.3 Å². The summed E-state index contributed by atoms with van der Waals surface area (Å²) in [6.07, 6.45) is 1.08. The van der Waals surface area contributed by atoms with Crippen molar-refractivity contribution in [2.75, 3.05) is 18.2 Å². The number of nitrogen functional groups attached to an aromatic ring is 1. The number of methoxy groups -OCH3 is 1. The second-order valence-electron chi connectivity index (χ2n) is 4.47. The van der Waals surface area contributed by atoms with Gasteiger partial charge in [-0.1, -0.05) is 13.8 Å². The lowest BCUT2D eigenvalue weighted by Crippen LogP contribution is -2.19. The van der Waals surface area contributed by atoms with Gasteiger partial charge in [-0.3, -0.25) is 0 Å². The van der Waals surface area contributed by atoms with Gasteiger partial charge in [0.05, 0.1) is 12.8 Å². The molecule has 1 aromatic heterocycles. The molecule has 0 bridgehead atoms. The Hall–Kier alpha value is -1.45. The molecule has 4 nitrogen and oxygen atoms in total. The summed E-state index contributed by atoms with van der Waals surface area (Å²) in [5, 5.41) is 3.30. The first-order valence-electron chi connectivity index (χ1n) is 5.60. The largest absolute Gasteiger partial charge is 0.481 e. The summed E-state index contributed by atoms with van der Waals surface area (Å²) in [5.74, 6) is 1.93. The number of nitrogens with zero attached hydrogens (tertiary/aromatic N) is 1. The van der Waals surface area contributed by atoms with Gasteiger partial charge in [0, 0.05) is 12.1 Å². The van der Waals surface area contributed by atoms with Gasteiger partial charge >= 0.3 is 0 Å². The van der Waals surface area contributed by atoms with E-state index in [-0.39, 0.29) is 0 Å². The zero-order valence-corrected chi connectivity index (χ0v) is 10.4. The summed E-state index contributed by atoms with van der Waals surface area (Å²) in [7, 11) is 1.60. The summed E-state index contributed by atoms with van der Waals surface area (Å²) < 4.78 is 5.07. The molecule has 16 heavy (non-hydrogen) atoms. The average molecular weight is 223 g/mol. The first kappa shape index (κ1) is 12.6. The molecule has 90 valence electrons. The molecule has 0 amide bonds. The maximum atomic E-state index is 5.84. The molecule has 1 heterocycles. The normalized spacial score (nSPS) is 12.6. The molecule has 0 aromatic carbocycles. The second kappa shape index (κ2) is 5.58. The van der Waals surface area contributed by atoms with Gasteiger partial charge in [0.1, 0.15) is 0 Å². The van der Waals surface area contributed by atoms with Gasteiger partial charge in [-0.05, 0) is 25.3 Å². The van der Waals surface area contributed by atoms with E-state index < -0.39 is 0 Å². The molecular weight excluding hydrogens is 202 g/mol. The Kier molecular flexibility index (Phi) is 4.40. The van der Waals surface area contributed by atoms with Crippen LogP contribution in [0.3, 0.4) is 0 Å². The predicted molar refractivity (Wildman–Crippen MR) is 67.7 cm³/mol. The maximum Gasteiger partial charge on any atom is 0.215 e. The third kappa shape index (κ3) is 3.61. The highest BCUT2D eigenvalue weighted by Crippen LogP contribution is 2.21. The van der Waals surface area contributed by atoms with Crippen LogP contribution in [-0.4, -0.2) is 18.1 Å². The summed E-state index contributed by atoms with van der Waals surface area (Å²) in [5.41, 5.74) is 6.49. The van der Waals surface area contributed by atoms with Crippen molar-refractivity contribution in [3.8, 4) is 5.88 Å². The molecule has 1 aromatic rings. The summed E-state index contributed by atoms with van der Waals surface area (Å²) in [6, 6.07) is 3.91. The molecule has 0 aliphatic heterocycles.